The summed E-state index contributed by atoms with van der Waals surface area (Å²) in [5, 5.41) is 4.21. The van der Waals surface area contributed by atoms with Crippen molar-refractivity contribution in [3.05, 3.63) is 91.0 Å². The van der Waals surface area contributed by atoms with Crippen LogP contribution in [0.15, 0.2) is 91.0 Å². The normalized spacial score (nSPS) is 18.1. The van der Waals surface area contributed by atoms with Crippen LogP contribution in [0.5, 0.6) is 0 Å². The predicted octanol–water partition coefficient (Wildman–Crippen LogP) is 7.76. The molecular formula is C49H76IO7P. The molecule has 0 aliphatic carbocycles. The van der Waals surface area contributed by atoms with Gasteiger partial charge in [0.15, 0.2) is 0 Å². The fourth-order valence-corrected chi connectivity index (χ4v) is 12.9. The summed E-state index contributed by atoms with van der Waals surface area (Å²) < 4.78 is 42.0. The van der Waals surface area contributed by atoms with Crippen molar-refractivity contribution in [2.45, 2.75) is 153 Å². The van der Waals surface area contributed by atoms with E-state index >= 15 is 0 Å². The Morgan fingerprint density at radius 2 is 1.07 bits per heavy atom. The number of halogens is 1. The molecule has 0 unspecified atom stereocenters. The SMILES string of the molecule is CCCCCCCCCCCC[C@H]1O[C@@H]([C@@H](CCCC[C@@H](CC[P+](c2ccccc2)(c2ccccc2)c2ccccc2)OCOC)OCOC)CC[C@H]1OCOC.[I-]. The third-order valence-electron chi connectivity index (χ3n) is 11.6. The lowest BCUT2D eigenvalue weighted by Gasteiger charge is -2.39. The van der Waals surface area contributed by atoms with Crippen molar-refractivity contribution in [2.24, 2.45) is 0 Å². The first kappa shape index (κ1) is 50.9. The van der Waals surface area contributed by atoms with Gasteiger partial charge in [-0.2, -0.15) is 0 Å². The molecule has 1 heterocycles. The zero-order chi connectivity index (χ0) is 40.2. The van der Waals surface area contributed by atoms with Crippen molar-refractivity contribution in [1.29, 1.82) is 0 Å². The first-order valence-corrected chi connectivity index (χ1v) is 24.2. The lowest BCUT2D eigenvalue weighted by Crippen LogP contribution is -3.00. The Balaban J connectivity index is 0.00000900. The lowest BCUT2D eigenvalue weighted by molar-refractivity contribution is -0.209. The highest BCUT2D eigenvalue weighted by molar-refractivity contribution is 7.95. The van der Waals surface area contributed by atoms with E-state index in [-0.39, 0.29) is 61.3 Å². The zero-order valence-electron chi connectivity index (χ0n) is 36.3. The van der Waals surface area contributed by atoms with Gasteiger partial charge in [-0.15, -0.1) is 0 Å². The molecule has 1 aliphatic heterocycles. The Hall–Kier alpha value is -1.46. The van der Waals surface area contributed by atoms with Gasteiger partial charge in [-0.05, 0) is 68.5 Å². The molecule has 3 aromatic rings. The maximum atomic E-state index is 6.87. The molecule has 0 aromatic heterocycles. The van der Waals surface area contributed by atoms with Crippen molar-refractivity contribution in [3.63, 3.8) is 0 Å². The fourth-order valence-electron chi connectivity index (χ4n) is 8.55. The molecule has 0 N–H and O–H groups in total. The van der Waals surface area contributed by atoms with Crippen LogP contribution in [0.2, 0.25) is 0 Å². The number of rotatable bonds is 32. The summed E-state index contributed by atoms with van der Waals surface area (Å²) in [5.74, 6) is 0. The van der Waals surface area contributed by atoms with Crippen LogP contribution >= 0.6 is 7.26 Å². The van der Waals surface area contributed by atoms with Crippen LogP contribution in [0.1, 0.15) is 122 Å². The van der Waals surface area contributed by atoms with Gasteiger partial charge in [0, 0.05) is 27.8 Å². The Kier molecular flexibility index (Phi) is 27.5. The highest BCUT2D eigenvalue weighted by Gasteiger charge is 2.45. The molecule has 0 amide bonds. The second kappa shape index (κ2) is 31.4. The van der Waals surface area contributed by atoms with Gasteiger partial charge in [0.2, 0.25) is 0 Å². The molecule has 0 bridgehead atoms. The molecule has 5 atom stereocenters. The number of methoxy groups -OCH3 is 3. The molecule has 0 radical (unpaired) electrons. The van der Waals surface area contributed by atoms with E-state index in [1.807, 2.05) is 0 Å². The topological polar surface area (TPSA) is 64.6 Å². The molecule has 3 aromatic carbocycles. The second-order valence-corrected chi connectivity index (χ2v) is 19.4. The average Bonchev–Trinajstić information content (AvgIpc) is 3.26. The Morgan fingerprint density at radius 3 is 1.60 bits per heavy atom. The Bertz CT molecular complexity index is 1290. The molecular weight excluding hydrogens is 858 g/mol. The van der Waals surface area contributed by atoms with Crippen LogP contribution in [0.25, 0.3) is 0 Å². The maximum absolute atomic E-state index is 6.87. The molecule has 4 rings (SSSR count). The van der Waals surface area contributed by atoms with Crippen LogP contribution in [0.4, 0.5) is 0 Å². The highest BCUT2D eigenvalue weighted by atomic mass is 127. The highest BCUT2D eigenvalue weighted by Crippen LogP contribution is 2.56. The van der Waals surface area contributed by atoms with Gasteiger partial charge >= 0.3 is 0 Å². The maximum Gasteiger partial charge on any atom is 0.146 e. The van der Waals surface area contributed by atoms with Crippen LogP contribution in [-0.4, -0.2) is 78.4 Å². The molecule has 1 fully saturated rings. The summed E-state index contributed by atoms with van der Waals surface area (Å²) >= 11 is 0. The summed E-state index contributed by atoms with van der Waals surface area (Å²) in [5.41, 5.74) is 0. The molecule has 9 heteroatoms. The van der Waals surface area contributed by atoms with Crippen molar-refractivity contribution in [1.82, 2.24) is 0 Å². The number of unbranched alkanes of at least 4 members (excludes halogenated alkanes) is 10. The van der Waals surface area contributed by atoms with E-state index in [0.717, 1.165) is 63.9 Å². The standard InChI is InChI=1S/C49H76O7P.HI/c1-5-6-7-8-9-10-11-12-13-23-34-48-47(55-41-52-4)35-36-49(56-48)46(54-40-51-3)33-25-24-26-42(53-39-50-2)37-38-57(43-27-17-14-18-28-43,44-29-19-15-20-30-44)45-31-21-16-22-32-45;/h14-22,27-32,42,46-49H,5-13,23-26,33-41H2,1-4H3;1H/q+1;/p-1/t42-,46+,47+,48+,49+;/m0./s1. The molecule has 58 heavy (non-hydrogen) atoms. The molecule has 1 aliphatic rings. The summed E-state index contributed by atoms with van der Waals surface area (Å²) in [6.45, 7) is 3.14. The number of ether oxygens (including phenoxy) is 7. The van der Waals surface area contributed by atoms with Crippen molar-refractivity contribution >= 4 is 23.2 Å². The van der Waals surface area contributed by atoms with Crippen molar-refractivity contribution < 1.29 is 57.1 Å². The molecule has 0 spiro atoms. The van der Waals surface area contributed by atoms with Crippen LogP contribution < -0.4 is 39.9 Å². The monoisotopic (exact) mass is 934 g/mol. The van der Waals surface area contributed by atoms with Crippen molar-refractivity contribution in [3.8, 4) is 0 Å². The van der Waals surface area contributed by atoms with Crippen LogP contribution in [0, 0.1) is 0 Å². The van der Waals surface area contributed by atoms with E-state index in [1.165, 1.54) is 73.7 Å². The third-order valence-corrected chi connectivity index (χ3v) is 16.1. The third kappa shape index (κ3) is 17.5. The van der Waals surface area contributed by atoms with E-state index in [9.17, 15) is 0 Å². The van der Waals surface area contributed by atoms with Crippen LogP contribution in [-0.2, 0) is 33.2 Å². The average molecular weight is 935 g/mol. The first-order chi connectivity index (χ1) is 28.2. The molecule has 326 valence electrons. The predicted molar refractivity (Wildman–Crippen MR) is 238 cm³/mol. The van der Waals surface area contributed by atoms with Gasteiger partial charge in [-0.3, -0.25) is 0 Å². The minimum atomic E-state index is -1.95. The second-order valence-electron chi connectivity index (χ2n) is 15.8. The Labute approximate surface area is 370 Å². The number of hydrogen-bond donors (Lipinski definition) is 0. The smallest absolute Gasteiger partial charge is 0.146 e. The van der Waals surface area contributed by atoms with Gasteiger partial charge in [-0.1, -0.05) is 139 Å². The van der Waals surface area contributed by atoms with Gasteiger partial charge in [0.25, 0.3) is 0 Å². The van der Waals surface area contributed by atoms with Crippen molar-refractivity contribution in [2.75, 3.05) is 47.9 Å². The quantitative estimate of drug-likeness (QED) is 0.0275. The summed E-state index contributed by atoms with van der Waals surface area (Å²) in [7, 11) is 3.15. The largest absolute Gasteiger partial charge is 1.00 e. The van der Waals surface area contributed by atoms with Gasteiger partial charge < -0.3 is 57.1 Å². The first-order valence-electron chi connectivity index (χ1n) is 22.2. The van der Waals surface area contributed by atoms with E-state index in [2.05, 4.69) is 97.9 Å². The molecule has 1 saturated heterocycles. The number of hydrogen-bond acceptors (Lipinski definition) is 7. The summed E-state index contributed by atoms with van der Waals surface area (Å²) in [4.78, 5) is 0. The summed E-state index contributed by atoms with van der Waals surface area (Å²) in [6, 6.07) is 33.4. The summed E-state index contributed by atoms with van der Waals surface area (Å²) in [6.07, 6.45) is 22.2. The minimum Gasteiger partial charge on any atom is -1.00 e. The van der Waals surface area contributed by atoms with E-state index in [4.69, 9.17) is 33.2 Å². The van der Waals surface area contributed by atoms with E-state index in [0.29, 0.717) is 13.6 Å². The lowest BCUT2D eigenvalue weighted by atomic mass is 9.92. The Morgan fingerprint density at radius 1 is 0.569 bits per heavy atom. The minimum absolute atomic E-state index is 0. The van der Waals surface area contributed by atoms with Gasteiger partial charge in [-0.25, -0.2) is 0 Å². The zero-order valence-corrected chi connectivity index (χ0v) is 39.3. The van der Waals surface area contributed by atoms with E-state index in [1.54, 1.807) is 21.3 Å². The fraction of sp³-hybridized carbons (Fsp3) is 0.633. The van der Waals surface area contributed by atoms with Gasteiger partial charge in [0.05, 0.1) is 36.7 Å². The molecule has 7 nitrogen and oxygen atoms in total. The molecule has 0 saturated carbocycles. The van der Waals surface area contributed by atoms with Gasteiger partial charge in [0.1, 0.15) is 43.6 Å². The van der Waals surface area contributed by atoms with E-state index < -0.39 is 7.26 Å². The number of benzene rings is 3. The van der Waals surface area contributed by atoms with Crippen LogP contribution in [0.3, 0.4) is 0 Å².